The first-order valence-electron chi connectivity index (χ1n) is 5.40. The SMILES string of the molecule is N#Cc1cccc(NS(=O)(=O)c2cc(Cl)cc(Cl)c2)c1. The van der Waals surface area contributed by atoms with Crippen molar-refractivity contribution in [2.75, 3.05) is 4.72 Å². The second-order valence-electron chi connectivity index (χ2n) is 3.90. The zero-order valence-electron chi connectivity index (χ0n) is 9.97. The number of halogens is 2. The minimum Gasteiger partial charge on any atom is -0.280 e. The minimum atomic E-state index is -3.81. The summed E-state index contributed by atoms with van der Waals surface area (Å²) >= 11 is 11.6. The lowest BCUT2D eigenvalue weighted by molar-refractivity contribution is 0.601. The molecule has 0 radical (unpaired) electrons. The molecule has 0 atom stereocenters. The molecule has 0 saturated heterocycles. The van der Waals surface area contributed by atoms with Crippen molar-refractivity contribution < 1.29 is 8.42 Å². The zero-order valence-corrected chi connectivity index (χ0v) is 12.3. The normalized spacial score (nSPS) is 10.8. The van der Waals surface area contributed by atoms with Crippen molar-refractivity contribution in [3.05, 3.63) is 58.1 Å². The lowest BCUT2D eigenvalue weighted by atomic mass is 10.2. The van der Waals surface area contributed by atoms with Crippen LogP contribution in [0.1, 0.15) is 5.56 Å². The summed E-state index contributed by atoms with van der Waals surface area (Å²) < 4.78 is 26.8. The molecule has 0 aliphatic rings. The molecular formula is C13H8Cl2N2O2S. The first-order chi connectivity index (χ1) is 9.40. The van der Waals surface area contributed by atoms with Gasteiger partial charge < -0.3 is 0 Å². The topological polar surface area (TPSA) is 70.0 Å². The standard InChI is InChI=1S/C13H8Cl2N2O2S/c14-10-5-11(15)7-13(6-10)20(18,19)17-12-3-1-2-9(4-12)8-16/h1-7,17H. The molecule has 0 unspecified atom stereocenters. The molecule has 0 aliphatic carbocycles. The summed E-state index contributed by atoms with van der Waals surface area (Å²) in [6.07, 6.45) is 0. The van der Waals surface area contributed by atoms with Gasteiger partial charge in [-0.25, -0.2) is 8.42 Å². The number of nitrogens with one attached hydrogen (secondary N) is 1. The van der Waals surface area contributed by atoms with Crippen LogP contribution in [0.2, 0.25) is 10.0 Å². The molecule has 4 nitrogen and oxygen atoms in total. The number of sulfonamides is 1. The Kier molecular flexibility index (Phi) is 4.19. The van der Waals surface area contributed by atoms with Gasteiger partial charge in [0.25, 0.3) is 10.0 Å². The molecule has 20 heavy (non-hydrogen) atoms. The number of hydrogen-bond donors (Lipinski definition) is 1. The van der Waals surface area contributed by atoms with Gasteiger partial charge in [0.1, 0.15) is 0 Å². The fourth-order valence-electron chi connectivity index (χ4n) is 1.55. The van der Waals surface area contributed by atoms with E-state index in [0.29, 0.717) is 11.3 Å². The summed E-state index contributed by atoms with van der Waals surface area (Å²) in [4.78, 5) is -0.0441. The number of benzene rings is 2. The van der Waals surface area contributed by atoms with Gasteiger partial charge in [-0.05, 0) is 36.4 Å². The van der Waals surface area contributed by atoms with Crippen LogP contribution in [0.25, 0.3) is 0 Å². The lowest BCUT2D eigenvalue weighted by Crippen LogP contribution is -2.13. The van der Waals surface area contributed by atoms with Gasteiger partial charge in [0.15, 0.2) is 0 Å². The van der Waals surface area contributed by atoms with Crippen LogP contribution in [0, 0.1) is 11.3 Å². The van der Waals surface area contributed by atoms with E-state index < -0.39 is 10.0 Å². The predicted octanol–water partition coefficient (Wildman–Crippen LogP) is 3.67. The van der Waals surface area contributed by atoms with Crippen molar-refractivity contribution in [3.8, 4) is 6.07 Å². The highest BCUT2D eigenvalue weighted by Gasteiger charge is 2.15. The van der Waals surface area contributed by atoms with E-state index in [1.807, 2.05) is 6.07 Å². The number of hydrogen-bond acceptors (Lipinski definition) is 3. The average Bonchev–Trinajstić information content (AvgIpc) is 2.37. The van der Waals surface area contributed by atoms with Crippen molar-refractivity contribution in [2.24, 2.45) is 0 Å². The zero-order chi connectivity index (χ0) is 14.8. The summed E-state index contributed by atoms with van der Waals surface area (Å²) in [6, 6.07) is 12.1. The van der Waals surface area contributed by atoms with Crippen LogP contribution in [0.3, 0.4) is 0 Å². The molecule has 102 valence electrons. The number of nitriles is 1. The highest BCUT2D eigenvalue weighted by molar-refractivity contribution is 7.92. The molecule has 0 saturated carbocycles. The third kappa shape index (κ3) is 3.42. The molecule has 0 fully saturated rings. The fraction of sp³-hybridized carbons (Fsp3) is 0. The summed E-state index contributed by atoms with van der Waals surface area (Å²) in [5.41, 5.74) is 0.648. The van der Waals surface area contributed by atoms with Crippen molar-refractivity contribution in [2.45, 2.75) is 4.90 Å². The molecule has 0 aromatic heterocycles. The Morgan fingerprint density at radius 1 is 1.05 bits per heavy atom. The second kappa shape index (κ2) is 5.71. The Morgan fingerprint density at radius 3 is 2.30 bits per heavy atom. The molecule has 0 bridgehead atoms. The first-order valence-corrected chi connectivity index (χ1v) is 7.64. The monoisotopic (exact) mass is 326 g/mol. The summed E-state index contributed by atoms with van der Waals surface area (Å²) in [5, 5.41) is 9.24. The molecule has 2 aromatic carbocycles. The highest BCUT2D eigenvalue weighted by atomic mass is 35.5. The van der Waals surface area contributed by atoms with E-state index in [0.717, 1.165) is 0 Å². The third-order valence-corrected chi connectivity index (χ3v) is 4.19. The fourth-order valence-corrected chi connectivity index (χ4v) is 3.32. The van der Waals surface area contributed by atoms with E-state index in [2.05, 4.69) is 4.72 Å². The van der Waals surface area contributed by atoms with Gasteiger partial charge in [0, 0.05) is 10.0 Å². The highest BCUT2D eigenvalue weighted by Crippen LogP contribution is 2.24. The maximum atomic E-state index is 12.2. The van der Waals surface area contributed by atoms with E-state index in [4.69, 9.17) is 28.5 Å². The Labute approximate surface area is 126 Å². The van der Waals surface area contributed by atoms with E-state index in [-0.39, 0.29) is 14.9 Å². The van der Waals surface area contributed by atoms with Gasteiger partial charge in [-0.1, -0.05) is 29.3 Å². The van der Waals surface area contributed by atoms with Gasteiger partial charge in [-0.15, -0.1) is 0 Å². The summed E-state index contributed by atoms with van der Waals surface area (Å²) in [6.45, 7) is 0. The van der Waals surface area contributed by atoms with E-state index in [1.165, 1.54) is 24.3 Å². The van der Waals surface area contributed by atoms with Crippen LogP contribution in [-0.4, -0.2) is 8.42 Å². The van der Waals surface area contributed by atoms with Crippen molar-refractivity contribution in [3.63, 3.8) is 0 Å². The van der Waals surface area contributed by atoms with E-state index >= 15 is 0 Å². The largest absolute Gasteiger partial charge is 0.280 e. The van der Waals surface area contributed by atoms with Crippen molar-refractivity contribution in [1.29, 1.82) is 5.26 Å². The molecule has 1 N–H and O–H groups in total. The van der Waals surface area contributed by atoms with Gasteiger partial charge in [0.05, 0.1) is 22.2 Å². The summed E-state index contributed by atoms with van der Waals surface area (Å²) in [7, 11) is -3.81. The predicted molar refractivity (Wildman–Crippen MR) is 78.4 cm³/mol. The average molecular weight is 327 g/mol. The van der Waals surface area contributed by atoms with Gasteiger partial charge in [-0.3, -0.25) is 4.72 Å². The smallest absolute Gasteiger partial charge is 0.261 e. The van der Waals surface area contributed by atoms with Crippen molar-refractivity contribution >= 4 is 38.9 Å². The Morgan fingerprint density at radius 2 is 1.70 bits per heavy atom. The first kappa shape index (κ1) is 14.7. The number of anilines is 1. The van der Waals surface area contributed by atoms with E-state index in [9.17, 15) is 8.42 Å². The molecule has 7 heteroatoms. The van der Waals surface area contributed by atoms with Crippen LogP contribution < -0.4 is 4.72 Å². The molecule has 0 amide bonds. The second-order valence-corrected chi connectivity index (χ2v) is 6.46. The Balaban J connectivity index is 2.38. The maximum Gasteiger partial charge on any atom is 0.261 e. The van der Waals surface area contributed by atoms with E-state index in [1.54, 1.807) is 18.2 Å². The minimum absolute atomic E-state index is 0.0441. The van der Waals surface area contributed by atoms with Crippen LogP contribution in [-0.2, 0) is 10.0 Å². The van der Waals surface area contributed by atoms with Crippen LogP contribution in [0.4, 0.5) is 5.69 Å². The quantitative estimate of drug-likeness (QED) is 0.935. The van der Waals surface area contributed by atoms with Gasteiger partial charge in [0.2, 0.25) is 0 Å². The number of rotatable bonds is 3. The molecule has 0 aliphatic heterocycles. The van der Waals surface area contributed by atoms with Gasteiger partial charge in [-0.2, -0.15) is 5.26 Å². The van der Waals surface area contributed by atoms with Crippen LogP contribution in [0.5, 0.6) is 0 Å². The maximum absolute atomic E-state index is 12.2. The molecule has 2 aromatic rings. The van der Waals surface area contributed by atoms with Crippen LogP contribution >= 0.6 is 23.2 Å². The molecule has 2 rings (SSSR count). The Bertz CT molecular complexity index is 778. The molecule has 0 heterocycles. The third-order valence-electron chi connectivity index (χ3n) is 2.39. The molecule has 0 spiro atoms. The lowest BCUT2D eigenvalue weighted by Gasteiger charge is -2.09. The van der Waals surface area contributed by atoms with Crippen LogP contribution in [0.15, 0.2) is 47.4 Å². The molecular weight excluding hydrogens is 319 g/mol. The summed E-state index contributed by atoms with van der Waals surface area (Å²) in [5.74, 6) is 0. The van der Waals surface area contributed by atoms with Gasteiger partial charge >= 0.3 is 0 Å². The number of nitrogens with zero attached hydrogens (tertiary/aromatic N) is 1. The Hall–Kier alpha value is -1.74. The van der Waals surface area contributed by atoms with Crippen molar-refractivity contribution in [1.82, 2.24) is 0 Å².